The predicted octanol–water partition coefficient (Wildman–Crippen LogP) is 4.51. The molecule has 0 aliphatic rings. The summed E-state index contributed by atoms with van der Waals surface area (Å²) >= 11 is 0. The Hall–Kier alpha value is -3.99. The predicted molar refractivity (Wildman–Crippen MR) is 117 cm³/mol. The molecule has 0 saturated carbocycles. The van der Waals surface area contributed by atoms with Gasteiger partial charge in [0.1, 0.15) is 12.4 Å². The molecule has 0 bridgehead atoms. The van der Waals surface area contributed by atoms with Gasteiger partial charge >= 0.3 is 0 Å². The van der Waals surface area contributed by atoms with E-state index in [1.54, 1.807) is 18.4 Å². The van der Waals surface area contributed by atoms with Crippen LogP contribution in [0.5, 0.6) is 5.75 Å². The second-order valence-electron chi connectivity index (χ2n) is 6.32. The molecule has 4 aromatic rings. The van der Waals surface area contributed by atoms with Crippen molar-refractivity contribution in [2.45, 2.75) is 0 Å². The Morgan fingerprint density at radius 2 is 1.69 bits per heavy atom. The van der Waals surface area contributed by atoms with Crippen LogP contribution in [0, 0.1) is 0 Å². The van der Waals surface area contributed by atoms with Gasteiger partial charge in [-0.05, 0) is 24.3 Å². The van der Waals surface area contributed by atoms with Crippen molar-refractivity contribution in [1.82, 2.24) is 9.66 Å². The molecule has 4 rings (SSSR count). The molecule has 0 saturated heterocycles. The van der Waals surface area contributed by atoms with Crippen LogP contribution >= 0.6 is 0 Å². The number of aromatic nitrogens is 2. The minimum atomic E-state index is -0.227. The molecule has 0 amide bonds. The summed E-state index contributed by atoms with van der Waals surface area (Å²) in [5.41, 5.74) is 1.98. The number of fused-ring (bicyclic) bond motifs is 1. The van der Waals surface area contributed by atoms with Gasteiger partial charge in [-0.1, -0.05) is 67.3 Å². The molecule has 5 nitrogen and oxygen atoms in total. The maximum atomic E-state index is 13.2. The van der Waals surface area contributed by atoms with E-state index < -0.39 is 0 Å². The van der Waals surface area contributed by atoms with Crippen molar-refractivity contribution >= 4 is 17.1 Å². The molecular formula is C24H19N3O2. The Bertz CT molecular complexity index is 1240. The Morgan fingerprint density at radius 1 is 0.966 bits per heavy atom. The lowest BCUT2D eigenvalue weighted by molar-refractivity contribution is 0.362. The molecule has 0 spiro atoms. The molecule has 5 heteroatoms. The van der Waals surface area contributed by atoms with Gasteiger partial charge in [-0.2, -0.15) is 9.78 Å². The fourth-order valence-corrected chi connectivity index (χ4v) is 2.99. The first-order chi connectivity index (χ1) is 14.3. The summed E-state index contributed by atoms with van der Waals surface area (Å²) in [6.45, 7) is 4.06. The van der Waals surface area contributed by atoms with Crippen molar-refractivity contribution < 1.29 is 4.74 Å². The first-order valence-electron chi connectivity index (χ1n) is 9.22. The first kappa shape index (κ1) is 18.4. The summed E-state index contributed by atoms with van der Waals surface area (Å²) in [6.07, 6.45) is 3.29. The van der Waals surface area contributed by atoms with E-state index in [1.807, 2.05) is 72.8 Å². The Kier molecular flexibility index (Phi) is 5.29. The first-order valence-corrected chi connectivity index (χ1v) is 9.22. The van der Waals surface area contributed by atoms with Crippen LogP contribution in [0.3, 0.4) is 0 Å². The van der Waals surface area contributed by atoms with E-state index in [1.165, 1.54) is 4.68 Å². The molecule has 0 fully saturated rings. The van der Waals surface area contributed by atoms with E-state index in [0.717, 1.165) is 11.1 Å². The molecule has 0 unspecified atom stereocenters. The third kappa shape index (κ3) is 3.84. The highest BCUT2D eigenvalue weighted by molar-refractivity contribution is 5.84. The molecule has 1 aromatic heterocycles. The van der Waals surface area contributed by atoms with Crippen LogP contribution in [0.25, 0.3) is 22.3 Å². The summed E-state index contributed by atoms with van der Waals surface area (Å²) in [5, 5.41) is 5.00. The molecule has 142 valence electrons. The Morgan fingerprint density at radius 3 is 2.52 bits per heavy atom. The lowest BCUT2D eigenvalue weighted by Gasteiger charge is -2.10. The van der Waals surface area contributed by atoms with E-state index in [2.05, 4.69) is 11.7 Å². The van der Waals surface area contributed by atoms with Gasteiger partial charge < -0.3 is 4.74 Å². The highest BCUT2D eigenvalue weighted by atomic mass is 16.5. The molecule has 0 N–H and O–H groups in total. The molecule has 0 atom stereocenters. The summed E-state index contributed by atoms with van der Waals surface area (Å²) in [4.78, 5) is 17.9. The minimum Gasteiger partial charge on any atom is -0.489 e. The van der Waals surface area contributed by atoms with Gasteiger partial charge in [-0.25, -0.2) is 4.98 Å². The summed E-state index contributed by atoms with van der Waals surface area (Å²) in [6, 6.07) is 24.3. The lowest BCUT2D eigenvalue weighted by Crippen LogP contribution is -2.20. The molecular weight excluding hydrogens is 362 g/mol. The average Bonchev–Trinajstić information content (AvgIpc) is 2.78. The third-order valence-electron chi connectivity index (χ3n) is 4.37. The quantitative estimate of drug-likeness (QED) is 0.365. The summed E-state index contributed by atoms with van der Waals surface area (Å²) < 4.78 is 7.01. The molecule has 0 aliphatic carbocycles. The van der Waals surface area contributed by atoms with Gasteiger partial charge in [-0.15, -0.1) is 0 Å². The maximum absolute atomic E-state index is 13.2. The molecule has 0 aliphatic heterocycles. The topological polar surface area (TPSA) is 56.5 Å². The number of ether oxygens (including phenoxy) is 1. The summed E-state index contributed by atoms with van der Waals surface area (Å²) in [7, 11) is 0. The normalized spacial score (nSPS) is 11.0. The number of para-hydroxylation sites is 2. The number of hydrogen-bond donors (Lipinski definition) is 0. The largest absolute Gasteiger partial charge is 0.489 e. The van der Waals surface area contributed by atoms with Gasteiger partial charge in [0.05, 0.1) is 17.1 Å². The van der Waals surface area contributed by atoms with Crippen molar-refractivity contribution in [3.8, 4) is 17.1 Å². The third-order valence-corrected chi connectivity index (χ3v) is 4.37. The van der Waals surface area contributed by atoms with Crippen molar-refractivity contribution in [2.75, 3.05) is 6.61 Å². The van der Waals surface area contributed by atoms with E-state index >= 15 is 0 Å². The standard InChI is InChI=1S/C24H19N3O2/c1-2-16-29-22-15-9-6-12-19(22)17-25-27-23(18-10-4-3-5-11-18)26-21-14-8-7-13-20(21)24(27)28/h2-15,17H,1,16H2. The second-order valence-corrected chi connectivity index (χ2v) is 6.32. The molecule has 1 heterocycles. The summed E-state index contributed by atoms with van der Waals surface area (Å²) in [5.74, 6) is 1.15. The highest BCUT2D eigenvalue weighted by Crippen LogP contribution is 2.20. The monoisotopic (exact) mass is 381 g/mol. The Labute approximate surface area is 168 Å². The van der Waals surface area contributed by atoms with Crippen molar-refractivity contribution in [3.05, 3.63) is 107 Å². The number of benzene rings is 3. The minimum absolute atomic E-state index is 0.227. The SMILES string of the molecule is C=CCOc1ccccc1C=Nn1c(-c2ccccc2)nc2ccccc2c1=O. The molecule has 0 radical (unpaired) electrons. The van der Waals surface area contributed by atoms with Crippen LogP contribution in [0.2, 0.25) is 0 Å². The van der Waals surface area contributed by atoms with Gasteiger partial charge in [0.25, 0.3) is 5.56 Å². The fraction of sp³-hybridized carbons (Fsp3) is 0.0417. The van der Waals surface area contributed by atoms with E-state index in [-0.39, 0.29) is 5.56 Å². The zero-order chi connectivity index (χ0) is 20.1. The van der Waals surface area contributed by atoms with E-state index in [9.17, 15) is 4.79 Å². The van der Waals surface area contributed by atoms with Gasteiger partial charge in [-0.3, -0.25) is 4.79 Å². The zero-order valence-electron chi connectivity index (χ0n) is 15.7. The van der Waals surface area contributed by atoms with Crippen LogP contribution in [0.15, 0.2) is 101 Å². The van der Waals surface area contributed by atoms with E-state index in [4.69, 9.17) is 9.72 Å². The van der Waals surface area contributed by atoms with Crippen LogP contribution in [0.1, 0.15) is 5.56 Å². The fourth-order valence-electron chi connectivity index (χ4n) is 2.99. The smallest absolute Gasteiger partial charge is 0.282 e. The zero-order valence-corrected chi connectivity index (χ0v) is 15.7. The average molecular weight is 381 g/mol. The van der Waals surface area contributed by atoms with Crippen LogP contribution in [-0.2, 0) is 0 Å². The van der Waals surface area contributed by atoms with Crippen molar-refractivity contribution in [2.24, 2.45) is 5.10 Å². The van der Waals surface area contributed by atoms with Crippen molar-refractivity contribution in [3.63, 3.8) is 0 Å². The second kappa shape index (κ2) is 8.35. The van der Waals surface area contributed by atoms with Crippen LogP contribution in [0.4, 0.5) is 0 Å². The van der Waals surface area contributed by atoms with E-state index in [0.29, 0.717) is 29.1 Å². The van der Waals surface area contributed by atoms with Gasteiger partial charge in [0, 0.05) is 11.1 Å². The maximum Gasteiger partial charge on any atom is 0.282 e. The Balaban J connectivity index is 1.87. The van der Waals surface area contributed by atoms with Crippen LogP contribution in [-0.4, -0.2) is 22.5 Å². The number of nitrogens with zero attached hydrogens (tertiary/aromatic N) is 3. The molecule has 29 heavy (non-hydrogen) atoms. The van der Waals surface area contributed by atoms with Gasteiger partial charge in [0.2, 0.25) is 0 Å². The number of hydrogen-bond acceptors (Lipinski definition) is 4. The lowest BCUT2D eigenvalue weighted by atomic mass is 10.2. The molecule has 3 aromatic carbocycles. The van der Waals surface area contributed by atoms with Crippen molar-refractivity contribution in [1.29, 1.82) is 0 Å². The number of rotatable bonds is 6. The van der Waals surface area contributed by atoms with Crippen LogP contribution < -0.4 is 10.3 Å². The highest BCUT2D eigenvalue weighted by Gasteiger charge is 2.12. The van der Waals surface area contributed by atoms with Gasteiger partial charge in [0.15, 0.2) is 5.82 Å².